The maximum atomic E-state index is 12.3. The van der Waals surface area contributed by atoms with Crippen molar-refractivity contribution in [1.82, 2.24) is 0 Å². The number of cyclic esters (lactones) is 4. The molecule has 1 aliphatic heterocycles. The van der Waals surface area contributed by atoms with E-state index in [1.54, 1.807) is 41.5 Å². The Kier molecular flexibility index (Phi) is 6.91. The van der Waals surface area contributed by atoms with Crippen molar-refractivity contribution in [3.05, 3.63) is 0 Å². The molecule has 0 aromatic carbocycles. The standard InChI is InChI=1S/C20H32O8/c1-17(2)9-13(21)25-18(3,4)11-15(23)26-19(5,6)12-16(24)28-20(7,8)27-14(22)10-17/h9-12H2,1-8H3. The summed E-state index contributed by atoms with van der Waals surface area (Å²) in [5, 5.41) is 0. The first-order chi connectivity index (χ1) is 12.4. The zero-order valence-electron chi connectivity index (χ0n) is 18.1. The summed E-state index contributed by atoms with van der Waals surface area (Å²) in [6.45, 7) is 12.7. The van der Waals surface area contributed by atoms with Gasteiger partial charge in [-0.2, -0.15) is 0 Å². The van der Waals surface area contributed by atoms with E-state index in [-0.39, 0.29) is 25.7 Å². The highest BCUT2D eigenvalue weighted by Crippen LogP contribution is 2.30. The van der Waals surface area contributed by atoms with E-state index in [1.165, 1.54) is 13.8 Å². The van der Waals surface area contributed by atoms with Crippen molar-refractivity contribution in [3.63, 3.8) is 0 Å². The highest BCUT2D eigenvalue weighted by atomic mass is 16.7. The molecule has 160 valence electrons. The topological polar surface area (TPSA) is 105 Å². The zero-order chi connectivity index (χ0) is 22.0. The molecule has 8 heteroatoms. The Hall–Kier alpha value is -2.12. The van der Waals surface area contributed by atoms with Gasteiger partial charge < -0.3 is 18.9 Å². The van der Waals surface area contributed by atoms with E-state index < -0.39 is 46.3 Å². The third kappa shape index (κ3) is 8.71. The van der Waals surface area contributed by atoms with Crippen LogP contribution in [-0.2, 0) is 38.1 Å². The Morgan fingerprint density at radius 2 is 0.786 bits per heavy atom. The molecule has 1 heterocycles. The lowest BCUT2D eigenvalue weighted by molar-refractivity contribution is -0.219. The average molecular weight is 400 g/mol. The minimum absolute atomic E-state index is 0.0493. The summed E-state index contributed by atoms with van der Waals surface area (Å²) < 4.78 is 21.3. The van der Waals surface area contributed by atoms with Crippen LogP contribution in [0, 0.1) is 5.41 Å². The Morgan fingerprint density at radius 1 is 0.500 bits per heavy atom. The molecule has 0 spiro atoms. The molecular weight excluding hydrogens is 368 g/mol. The monoisotopic (exact) mass is 400 g/mol. The molecule has 1 rings (SSSR count). The summed E-state index contributed by atoms with van der Waals surface area (Å²) in [5.41, 5.74) is -2.99. The highest BCUT2D eigenvalue weighted by molar-refractivity contribution is 5.77. The number of carbonyl (C=O) groups is 4. The molecule has 0 bridgehead atoms. The van der Waals surface area contributed by atoms with E-state index in [9.17, 15) is 19.2 Å². The first-order valence-electron chi connectivity index (χ1n) is 9.28. The van der Waals surface area contributed by atoms with E-state index >= 15 is 0 Å². The van der Waals surface area contributed by atoms with Crippen molar-refractivity contribution in [2.24, 2.45) is 5.41 Å². The number of rotatable bonds is 0. The molecule has 0 radical (unpaired) electrons. The third-order valence-corrected chi connectivity index (χ3v) is 3.89. The van der Waals surface area contributed by atoms with Crippen LogP contribution < -0.4 is 0 Å². The van der Waals surface area contributed by atoms with Gasteiger partial charge in [-0.05, 0) is 33.1 Å². The van der Waals surface area contributed by atoms with Crippen LogP contribution in [0.1, 0.15) is 81.1 Å². The van der Waals surface area contributed by atoms with Crippen molar-refractivity contribution in [2.45, 2.75) is 98.1 Å². The van der Waals surface area contributed by atoms with Crippen molar-refractivity contribution < 1.29 is 38.1 Å². The van der Waals surface area contributed by atoms with E-state index in [0.717, 1.165) is 0 Å². The first kappa shape index (κ1) is 23.9. The van der Waals surface area contributed by atoms with Gasteiger partial charge in [-0.1, -0.05) is 13.8 Å². The van der Waals surface area contributed by atoms with Gasteiger partial charge in [0.25, 0.3) is 5.79 Å². The largest absolute Gasteiger partial charge is 0.459 e. The van der Waals surface area contributed by atoms with Crippen LogP contribution in [0.5, 0.6) is 0 Å². The predicted octanol–water partition coefficient (Wildman–Crippen LogP) is 3.05. The Labute approximate surface area is 166 Å². The van der Waals surface area contributed by atoms with Crippen LogP contribution in [0.4, 0.5) is 0 Å². The van der Waals surface area contributed by atoms with Gasteiger partial charge in [0, 0.05) is 13.8 Å². The van der Waals surface area contributed by atoms with Crippen LogP contribution in [-0.4, -0.2) is 40.9 Å². The van der Waals surface area contributed by atoms with Crippen LogP contribution in [0.15, 0.2) is 0 Å². The lowest BCUT2D eigenvalue weighted by atomic mass is 9.85. The van der Waals surface area contributed by atoms with Gasteiger partial charge in [-0.15, -0.1) is 0 Å². The average Bonchev–Trinajstić information content (AvgIpc) is 2.28. The van der Waals surface area contributed by atoms with Crippen LogP contribution in [0.2, 0.25) is 0 Å². The van der Waals surface area contributed by atoms with Gasteiger partial charge in [0.1, 0.15) is 11.2 Å². The lowest BCUT2D eigenvalue weighted by Crippen LogP contribution is -2.40. The minimum atomic E-state index is -1.50. The normalized spacial score (nSPS) is 25.7. The third-order valence-electron chi connectivity index (χ3n) is 3.89. The fourth-order valence-corrected chi connectivity index (χ4v) is 2.94. The van der Waals surface area contributed by atoms with Crippen molar-refractivity contribution in [3.8, 4) is 0 Å². The maximum absolute atomic E-state index is 12.3. The molecular formula is C20H32O8. The molecule has 0 amide bonds. The summed E-state index contributed by atoms with van der Waals surface area (Å²) >= 11 is 0. The molecule has 0 aliphatic carbocycles. The van der Waals surface area contributed by atoms with Crippen LogP contribution >= 0.6 is 0 Å². The van der Waals surface area contributed by atoms with Crippen molar-refractivity contribution in [1.29, 1.82) is 0 Å². The van der Waals surface area contributed by atoms with Crippen molar-refractivity contribution in [2.75, 3.05) is 0 Å². The number of esters is 4. The quantitative estimate of drug-likeness (QED) is 0.451. The van der Waals surface area contributed by atoms with Gasteiger partial charge in [0.2, 0.25) is 0 Å². The molecule has 8 nitrogen and oxygen atoms in total. The minimum Gasteiger partial charge on any atom is -0.459 e. The van der Waals surface area contributed by atoms with Crippen LogP contribution in [0.3, 0.4) is 0 Å². The van der Waals surface area contributed by atoms with Gasteiger partial charge in [-0.3, -0.25) is 19.2 Å². The maximum Gasteiger partial charge on any atom is 0.313 e. The van der Waals surface area contributed by atoms with Gasteiger partial charge >= 0.3 is 23.9 Å². The molecule has 0 saturated carbocycles. The van der Waals surface area contributed by atoms with E-state index in [2.05, 4.69) is 0 Å². The smallest absolute Gasteiger partial charge is 0.313 e. The molecule has 0 atom stereocenters. The SMILES string of the molecule is CC1(C)CC(=O)OC(C)(C)CC(=O)OC(C)(C)CC(=O)OC(C)(C)OC(=O)C1. The molecule has 1 aliphatic rings. The Morgan fingerprint density at radius 3 is 1.18 bits per heavy atom. The molecule has 28 heavy (non-hydrogen) atoms. The fourth-order valence-electron chi connectivity index (χ4n) is 2.94. The summed E-state index contributed by atoms with van der Waals surface area (Å²) in [5.74, 6) is -3.91. The molecule has 1 saturated heterocycles. The second kappa shape index (κ2) is 8.09. The second-order valence-electron chi connectivity index (χ2n) is 9.69. The van der Waals surface area contributed by atoms with Gasteiger partial charge in [0.05, 0.1) is 25.7 Å². The summed E-state index contributed by atoms with van der Waals surface area (Å²) in [6.07, 6.45) is -0.528. The number of carbonyl (C=O) groups excluding carboxylic acids is 4. The summed E-state index contributed by atoms with van der Waals surface area (Å²) in [4.78, 5) is 49.1. The van der Waals surface area contributed by atoms with Crippen molar-refractivity contribution >= 4 is 23.9 Å². The molecule has 0 aromatic heterocycles. The van der Waals surface area contributed by atoms with E-state index in [1.807, 2.05) is 0 Å². The van der Waals surface area contributed by atoms with Gasteiger partial charge in [-0.25, -0.2) is 0 Å². The van der Waals surface area contributed by atoms with Crippen LogP contribution in [0.25, 0.3) is 0 Å². The number of hydrogen-bond acceptors (Lipinski definition) is 8. The van der Waals surface area contributed by atoms with Gasteiger partial charge in [0.15, 0.2) is 0 Å². The Balaban J connectivity index is 3.11. The molecule has 0 aromatic rings. The highest BCUT2D eigenvalue weighted by Gasteiger charge is 2.37. The second-order valence-corrected chi connectivity index (χ2v) is 9.69. The number of hydrogen-bond donors (Lipinski definition) is 0. The van der Waals surface area contributed by atoms with E-state index in [0.29, 0.717) is 0 Å². The lowest BCUT2D eigenvalue weighted by Gasteiger charge is -2.32. The van der Waals surface area contributed by atoms with E-state index in [4.69, 9.17) is 18.9 Å². The molecule has 0 N–H and O–H groups in total. The number of ether oxygens (including phenoxy) is 4. The zero-order valence-corrected chi connectivity index (χ0v) is 18.1. The first-order valence-corrected chi connectivity index (χ1v) is 9.28. The molecule has 1 fully saturated rings. The fraction of sp³-hybridized carbons (Fsp3) is 0.800. The summed E-state index contributed by atoms with van der Waals surface area (Å²) in [7, 11) is 0. The predicted molar refractivity (Wildman–Crippen MR) is 98.9 cm³/mol. The molecule has 0 unspecified atom stereocenters. The Bertz CT molecular complexity index is 491. The summed E-state index contributed by atoms with van der Waals surface area (Å²) in [6, 6.07) is 0.